The van der Waals surface area contributed by atoms with Crippen LogP contribution in [0.5, 0.6) is 0 Å². The molecule has 0 saturated carbocycles. The highest BCUT2D eigenvalue weighted by molar-refractivity contribution is 9.10. The molecule has 170 valence electrons. The highest BCUT2D eigenvalue weighted by Crippen LogP contribution is 2.41. The first kappa shape index (κ1) is 24.5. The molecule has 0 fully saturated rings. The van der Waals surface area contributed by atoms with Gasteiger partial charge in [-0.2, -0.15) is 5.26 Å². The second-order valence-electron chi connectivity index (χ2n) is 6.92. The fourth-order valence-corrected chi connectivity index (χ4v) is 4.47. The normalized spacial score (nSPS) is 17.7. The average molecular weight is 532 g/mol. The number of rotatable bonds is 7. The van der Waals surface area contributed by atoms with Gasteiger partial charge in [0.25, 0.3) is 0 Å². The zero-order valence-corrected chi connectivity index (χ0v) is 19.8. The van der Waals surface area contributed by atoms with Crippen molar-refractivity contribution in [3.63, 3.8) is 0 Å². The number of benzene rings is 2. The Morgan fingerprint density at radius 3 is 2.58 bits per heavy atom. The van der Waals surface area contributed by atoms with Crippen LogP contribution in [0, 0.1) is 23.1 Å². The zero-order chi connectivity index (χ0) is 24.0. The highest BCUT2D eigenvalue weighted by Gasteiger charge is 2.45. The summed E-state index contributed by atoms with van der Waals surface area (Å²) in [4.78, 5) is 37.8. The lowest BCUT2D eigenvalue weighted by Crippen LogP contribution is -2.44. The van der Waals surface area contributed by atoms with E-state index in [1.807, 2.05) is 6.07 Å². The Hall–Kier alpha value is -3.16. The maximum atomic E-state index is 14.7. The number of thioether (sulfide) groups is 1. The molecule has 3 rings (SSSR count). The summed E-state index contributed by atoms with van der Waals surface area (Å²) in [6, 6.07) is 14.6. The summed E-state index contributed by atoms with van der Waals surface area (Å²) in [6.45, 7) is 1.61. The predicted octanol–water partition coefficient (Wildman–Crippen LogP) is 4.09. The number of amides is 2. The monoisotopic (exact) mass is 531 g/mol. The Balaban J connectivity index is 1.90. The lowest BCUT2D eigenvalue weighted by molar-refractivity contribution is -0.152. The van der Waals surface area contributed by atoms with E-state index in [1.54, 1.807) is 37.3 Å². The van der Waals surface area contributed by atoms with Gasteiger partial charge in [0.15, 0.2) is 0 Å². The van der Waals surface area contributed by atoms with E-state index in [-0.39, 0.29) is 34.4 Å². The lowest BCUT2D eigenvalue weighted by Gasteiger charge is -2.31. The van der Waals surface area contributed by atoms with Crippen molar-refractivity contribution in [3.05, 3.63) is 75.0 Å². The minimum Gasteiger partial charge on any atom is -0.465 e. The highest BCUT2D eigenvalue weighted by atomic mass is 79.9. The molecule has 2 N–H and O–H groups in total. The minimum atomic E-state index is -1.43. The van der Waals surface area contributed by atoms with E-state index in [0.29, 0.717) is 5.69 Å². The molecule has 7 nitrogen and oxygen atoms in total. The molecule has 0 aromatic heterocycles. The van der Waals surface area contributed by atoms with E-state index in [4.69, 9.17) is 4.74 Å². The number of ether oxygens (including phenoxy) is 1. The summed E-state index contributed by atoms with van der Waals surface area (Å²) in [5.41, 5.74) is 0.594. The van der Waals surface area contributed by atoms with E-state index in [0.717, 1.165) is 16.2 Å². The van der Waals surface area contributed by atoms with Gasteiger partial charge in [0.1, 0.15) is 11.7 Å². The summed E-state index contributed by atoms with van der Waals surface area (Å²) in [7, 11) is 0. The topological polar surface area (TPSA) is 108 Å². The Labute approximate surface area is 202 Å². The smallest absolute Gasteiger partial charge is 0.319 e. The third-order valence-electron chi connectivity index (χ3n) is 4.79. The van der Waals surface area contributed by atoms with E-state index >= 15 is 0 Å². The number of carbonyl (C=O) groups excluding carboxylic acids is 3. The molecule has 2 aromatic rings. The summed E-state index contributed by atoms with van der Waals surface area (Å²) < 4.78 is 20.5. The summed E-state index contributed by atoms with van der Waals surface area (Å²) in [6.07, 6.45) is 0. The molecular formula is C23H19BrFN3O4S. The van der Waals surface area contributed by atoms with Crippen molar-refractivity contribution in [2.45, 2.75) is 12.8 Å². The van der Waals surface area contributed by atoms with Crippen molar-refractivity contribution in [1.29, 1.82) is 5.26 Å². The van der Waals surface area contributed by atoms with Crippen molar-refractivity contribution in [3.8, 4) is 6.07 Å². The van der Waals surface area contributed by atoms with Crippen molar-refractivity contribution in [1.82, 2.24) is 5.32 Å². The van der Waals surface area contributed by atoms with Crippen molar-refractivity contribution >= 4 is 51.2 Å². The molecule has 2 atom stereocenters. The van der Waals surface area contributed by atoms with Crippen LogP contribution in [0.15, 0.2) is 63.6 Å². The predicted molar refractivity (Wildman–Crippen MR) is 125 cm³/mol. The van der Waals surface area contributed by atoms with Crippen molar-refractivity contribution in [2.75, 3.05) is 17.7 Å². The molecule has 2 aromatic carbocycles. The molecule has 0 saturated heterocycles. The van der Waals surface area contributed by atoms with E-state index < -0.39 is 29.5 Å². The van der Waals surface area contributed by atoms with Gasteiger partial charge in [-0.15, -0.1) is 0 Å². The largest absolute Gasteiger partial charge is 0.465 e. The van der Waals surface area contributed by atoms with Gasteiger partial charge < -0.3 is 15.4 Å². The number of nitrogens with one attached hydrogen (secondary N) is 2. The summed E-state index contributed by atoms with van der Waals surface area (Å²) >= 11 is 4.24. The molecule has 0 radical (unpaired) electrons. The third kappa shape index (κ3) is 5.80. The van der Waals surface area contributed by atoms with Gasteiger partial charge in [-0.1, -0.05) is 45.9 Å². The number of carbonyl (C=O) groups is 3. The van der Waals surface area contributed by atoms with Crippen molar-refractivity contribution in [2.24, 2.45) is 5.92 Å². The first-order valence-electron chi connectivity index (χ1n) is 9.90. The standard InChI is InChI=1S/C23H19BrFN3O4S/c1-2-32-23(31)20-19(15-5-3-4-6-17(15)25)16(11-26)22(28-21(20)30)33-12-18(29)27-14-9-7-13(24)8-10-14/h3-10,19-20H,2,12H2,1H3,(H,27,29)(H,28,30)/t19-,20-/m1/s1. The van der Waals surface area contributed by atoms with Crippen LogP contribution in [0.3, 0.4) is 0 Å². The number of allylic oxidation sites excluding steroid dienone is 1. The zero-order valence-electron chi connectivity index (χ0n) is 17.4. The molecule has 1 aliphatic heterocycles. The average Bonchev–Trinajstić information content (AvgIpc) is 2.79. The Kier molecular flexibility index (Phi) is 8.25. The Bertz CT molecular complexity index is 1150. The van der Waals surface area contributed by atoms with Crippen LogP contribution in [-0.2, 0) is 19.1 Å². The van der Waals surface area contributed by atoms with Crippen LogP contribution in [0.2, 0.25) is 0 Å². The number of nitrogens with zero attached hydrogens (tertiary/aromatic N) is 1. The van der Waals surface area contributed by atoms with E-state index in [9.17, 15) is 24.0 Å². The van der Waals surface area contributed by atoms with Gasteiger partial charge in [0, 0.05) is 16.1 Å². The number of hydrogen-bond acceptors (Lipinski definition) is 6. The second kappa shape index (κ2) is 11.1. The molecule has 0 aliphatic carbocycles. The summed E-state index contributed by atoms with van der Waals surface area (Å²) in [5, 5.41) is 15.2. The van der Waals surface area contributed by atoms with Gasteiger partial charge in [-0.05, 0) is 42.8 Å². The van der Waals surface area contributed by atoms with Crippen LogP contribution in [-0.4, -0.2) is 30.1 Å². The van der Waals surface area contributed by atoms with Crippen LogP contribution in [0.1, 0.15) is 18.4 Å². The SMILES string of the molecule is CCOC(=O)[C@H]1C(=O)NC(SCC(=O)Nc2ccc(Br)cc2)=C(C#N)[C@H]1c1ccccc1F. The minimum absolute atomic E-state index is 0.0146. The number of hydrogen-bond donors (Lipinski definition) is 2. The maximum absolute atomic E-state index is 14.7. The molecule has 33 heavy (non-hydrogen) atoms. The van der Waals surface area contributed by atoms with Crippen LogP contribution in [0.4, 0.5) is 10.1 Å². The first-order chi connectivity index (χ1) is 15.8. The maximum Gasteiger partial charge on any atom is 0.319 e. The number of nitriles is 1. The molecule has 1 heterocycles. The second-order valence-corrected chi connectivity index (χ2v) is 8.82. The number of halogens is 2. The molecular weight excluding hydrogens is 513 g/mol. The van der Waals surface area contributed by atoms with Gasteiger partial charge in [0.2, 0.25) is 11.8 Å². The van der Waals surface area contributed by atoms with Gasteiger partial charge >= 0.3 is 5.97 Å². The van der Waals surface area contributed by atoms with Crippen molar-refractivity contribution < 1.29 is 23.5 Å². The van der Waals surface area contributed by atoms with E-state index in [2.05, 4.69) is 26.6 Å². The van der Waals surface area contributed by atoms with Crippen LogP contribution in [0.25, 0.3) is 0 Å². The first-order valence-corrected chi connectivity index (χ1v) is 11.7. The molecule has 0 spiro atoms. The quantitative estimate of drug-likeness (QED) is 0.411. The van der Waals surface area contributed by atoms with Crippen LogP contribution >= 0.6 is 27.7 Å². The third-order valence-corrected chi connectivity index (χ3v) is 6.33. The molecule has 2 amide bonds. The Morgan fingerprint density at radius 1 is 1.24 bits per heavy atom. The van der Waals surface area contributed by atoms with Gasteiger partial charge in [-0.3, -0.25) is 14.4 Å². The lowest BCUT2D eigenvalue weighted by atomic mass is 9.78. The molecule has 0 unspecified atom stereocenters. The number of anilines is 1. The fourth-order valence-electron chi connectivity index (χ4n) is 3.36. The number of esters is 1. The molecule has 10 heteroatoms. The van der Waals surface area contributed by atoms with Gasteiger partial charge in [0.05, 0.1) is 29.0 Å². The Morgan fingerprint density at radius 2 is 1.94 bits per heavy atom. The van der Waals surface area contributed by atoms with Gasteiger partial charge in [-0.25, -0.2) is 4.39 Å². The van der Waals surface area contributed by atoms with E-state index in [1.165, 1.54) is 18.2 Å². The molecule has 1 aliphatic rings. The van der Waals surface area contributed by atoms with Crippen LogP contribution < -0.4 is 10.6 Å². The molecule has 0 bridgehead atoms. The fraction of sp³-hybridized carbons (Fsp3) is 0.217. The summed E-state index contributed by atoms with van der Waals surface area (Å²) in [5.74, 6) is -5.33.